The number of ether oxygens (including phenoxy) is 1. The molecule has 0 aliphatic rings. The fraction of sp³-hybridized carbons (Fsp3) is 0.200. The van der Waals surface area contributed by atoms with Gasteiger partial charge in [0, 0.05) is 12.4 Å². The summed E-state index contributed by atoms with van der Waals surface area (Å²) < 4.78 is 10.9. The molecule has 3 aromatic rings. The van der Waals surface area contributed by atoms with Crippen LogP contribution in [0.5, 0.6) is 0 Å². The van der Waals surface area contributed by atoms with E-state index in [1.165, 1.54) is 14.0 Å². The van der Waals surface area contributed by atoms with E-state index in [0.717, 1.165) is 0 Å². The van der Waals surface area contributed by atoms with Gasteiger partial charge in [-0.1, -0.05) is 18.2 Å². The predicted molar refractivity (Wildman–Crippen MR) is 102 cm³/mol. The number of rotatable bonds is 4. The number of nitrogens with zero attached hydrogens (tertiary/aromatic N) is 1. The summed E-state index contributed by atoms with van der Waals surface area (Å²) in [6.07, 6.45) is -1.16. The van der Waals surface area contributed by atoms with Crippen LogP contribution in [-0.2, 0) is 9.53 Å². The molecular weight excluding hydrogens is 362 g/mol. The van der Waals surface area contributed by atoms with Gasteiger partial charge in [0.25, 0.3) is 5.91 Å². The minimum Gasteiger partial charge on any atom is -0.460 e. The molecule has 8 nitrogen and oxygen atoms in total. The molecule has 1 aromatic carbocycles. The molecule has 2 aromatic heterocycles. The van der Waals surface area contributed by atoms with Crippen molar-refractivity contribution in [3.8, 4) is 11.5 Å². The number of urea groups is 1. The number of pyridine rings is 1. The van der Waals surface area contributed by atoms with E-state index in [2.05, 4.69) is 15.6 Å². The molecule has 0 unspecified atom stereocenters. The van der Waals surface area contributed by atoms with E-state index < -0.39 is 24.0 Å². The zero-order valence-corrected chi connectivity index (χ0v) is 15.6. The molecule has 1 atom stereocenters. The summed E-state index contributed by atoms with van der Waals surface area (Å²) in [5, 5.41) is 4.91. The second-order valence-corrected chi connectivity index (χ2v) is 6.10. The molecular formula is C20H19N3O5. The maximum absolute atomic E-state index is 12.8. The lowest BCUT2D eigenvalue weighted by atomic mass is 10.1. The maximum Gasteiger partial charge on any atom is 0.339 e. The Balaban J connectivity index is 1.93. The highest BCUT2D eigenvalue weighted by atomic mass is 16.5. The largest absolute Gasteiger partial charge is 0.460 e. The number of carbonyl (C=O) groups excluding carboxylic acids is 3. The molecule has 2 heterocycles. The normalized spacial score (nSPS) is 11.7. The number of carbonyl (C=O) groups is 3. The number of hydrogen-bond donors (Lipinski definition) is 2. The van der Waals surface area contributed by atoms with Gasteiger partial charge in [-0.15, -0.1) is 0 Å². The van der Waals surface area contributed by atoms with Crippen molar-refractivity contribution in [1.82, 2.24) is 15.6 Å². The Hall–Kier alpha value is -3.68. The molecule has 0 saturated carbocycles. The van der Waals surface area contributed by atoms with Crippen LogP contribution in [0.3, 0.4) is 0 Å². The highest BCUT2D eigenvalue weighted by molar-refractivity contribution is 6.05. The zero-order valence-electron chi connectivity index (χ0n) is 15.6. The number of furan rings is 1. The third-order valence-electron chi connectivity index (χ3n) is 4.05. The van der Waals surface area contributed by atoms with Crippen LogP contribution in [0.25, 0.3) is 22.4 Å². The second kappa shape index (κ2) is 7.91. The summed E-state index contributed by atoms with van der Waals surface area (Å²) in [4.78, 5) is 40.5. The number of imide groups is 1. The van der Waals surface area contributed by atoms with E-state index in [-0.39, 0.29) is 5.56 Å². The van der Waals surface area contributed by atoms with Crippen molar-refractivity contribution >= 4 is 28.8 Å². The molecule has 0 fully saturated rings. The van der Waals surface area contributed by atoms with Crippen LogP contribution in [0.15, 0.2) is 46.9 Å². The average molecular weight is 381 g/mol. The van der Waals surface area contributed by atoms with E-state index in [0.29, 0.717) is 28.1 Å². The van der Waals surface area contributed by atoms with Crippen molar-refractivity contribution in [2.24, 2.45) is 0 Å². The molecule has 0 spiro atoms. The lowest BCUT2D eigenvalue weighted by Crippen LogP contribution is -2.43. The second-order valence-electron chi connectivity index (χ2n) is 6.10. The van der Waals surface area contributed by atoms with E-state index in [1.54, 1.807) is 42.5 Å². The molecule has 144 valence electrons. The Bertz CT molecular complexity index is 1060. The zero-order chi connectivity index (χ0) is 20.3. The van der Waals surface area contributed by atoms with E-state index in [4.69, 9.17) is 9.15 Å². The Kier molecular flexibility index (Phi) is 5.39. The van der Waals surface area contributed by atoms with Crippen molar-refractivity contribution in [2.45, 2.75) is 20.0 Å². The number of hydrogen-bond acceptors (Lipinski definition) is 6. The molecule has 8 heteroatoms. The van der Waals surface area contributed by atoms with Crippen LogP contribution in [0.1, 0.15) is 23.0 Å². The van der Waals surface area contributed by atoms with E-state index in [1.807, 2.05) is 6.92 Å². The quantitative estimate of drug-likeness (QED) is 0.673. The predicted octanol–water partition coefficient (Wildman–Crippen LogP) is 2.80. The van der Waals surface area contributed by atoms with Gasteiger partial charge in [-0.25, -0.2) is 14.6 Å². The van der Waals surface area contributed by atoms with Crippen LogP contribution in [0, 0.1) is 6.92 Å². The molecule has 0 aliphatic carbocycles. The van der Waals surface area contributed by atoms with E-state index in [9.17, 15) is 14.4 Å². The number of fused-ring (bicyclic) bond motifs is 1. The van der Waals surface area contributed by atoms with E-state index >= 15 is 0 Å². The first-order valence-corrected chi connectivity index (χ1v) is 8.59. The summed E-state index contributed by atoms with van der Waals surface area (Å²) >= 11 is 0. The topological polar surface area (TPSA) is 111 Å². The van der Waals surface area contributed by atoms with Gasteiger partial charge in [0.05, 0.1) is 11.1 Å². The monoisotopic (exact) mass is 381 g/mol. The number of esters is 1. The van der Waals surface area contributed by atoms with Gasteiger partial charge in [-0.2, -0.15) is 0 Å². The third kappa shape index (κ3) is 4.01. The molecule has 0 bridgehead atoms. The van der Waals surface area contributed by atoms with Gasteiger partial charge in [-0.05, 0) is 38.1 Å². The Morgan fingerprint density at radius 3 is 2.57 bits per heavy atom. The number of nitrogens with one attached hydrogen (secondary N) is 2. The molecule has 28 heavy (non-hydrogen) atoms. The lowest BCUT2D eigenvalue weighted by Gasteiger charge is -2.14. The molecule has 0 radical (unpaired) electrons. The first kappa shape index (κ1) is 19.1. The van der Waals surface area contributed by atoms with Gasteiger partial charge in [-0.3, -0.25) is 10.1 Å². The molecule has 0 aliphatic heterocycles. The molecule has 3 amide bonds. The SMILES string of the molecule is CNC(=O)NC(=O)[C@H](C)OC(=O)c1cc(-c2ccc(C)o2)nc2ccccc12. The van der Waals surface area contributed by atoms with Gasteiger partial charge >= 0.3 is 12.0 Å². The lowest BCUT2D eigenvalue weighted by molar-refractivity contribution is -0.127. The summed E-state index contributed by atoms with van der Waals surface area (Å²) in [5.41, 5.74) is 1.30. The summed E-state index contributed by atoms with van der Waals surface area (Å²) in [7, 11) is 1.38. The van der Waals surface area contributed by atoms with Crippen LogP contribution in [-0.4, -0.2) is 36.0 Å². The summed E-state index contributed by atoms with van der Waals surface area (Å²) in [5.74, 6) is -0.202. The van der Waals surface area contributed by atoms with Crippen LogP contribution in [0.2, 0.25) is 0 Å². The molecule has 0 saturated heterocycles. The standard InChI is InChI=1S/C20H19N3O5/c1-11-8-9-17(27-11)16-10-14(13-6-4-5-7-15(13)22-16)19(25)28-12(2)18(24)23-20(26)21-3/h4-10,12H,1-3H3,(H2,21,23,24,26)/t12-/m0/s1. The Morgan fingerprint density at radius 2 is 1.89 bits per heavy atom. The van der Waals surface area contributed by atoms with Crippen molar-refractivity contribution in [2.75, 3.05) is 7.05 Å². The minimum atomic E-state index is -1.16. The average Bonchev–Trinajstić information content (AvgIpc) is 3.13. The molecule has 3 rings (SSSR count). The highest BCUT2D eigenvalue weighted by Crippen LogP contribution is 2.27. The maximum atomic E-state index is 12.8. The Labute approximate surface area is 160 Å². The Morgan fingerprint density at radius 1 is 1.14 bits per heavy atom. The number of benzene rings is 1. The first-order chi connectivity index (χ1) is 13.4. The van der Waals surface area contributed by atoms with Gasteiger partial charge in [0.15, 0.2) is 11.9 Å². The van der Waals surface area contributed by atoms with Gasteiger partial charge < -0.3 is 14.5 Å². The highest BCUT2D eigenvalue weighted by Gasteiger charge is 2.23. The van der Waals surface area contributed by atoms with Crippen LogP contribution < -0.4 is 10.6 Å². The fourth-order valence-corrected chi connectivity index (χ4v) is 2.60. The van der Waals surface area contributed by atoms with Crippen molar-refractivity contribution in [1.29, 1.82) is 0 Å². The fourth-order valence-electron chi connectivity index (χ4n) is 2.60. The number of para-hydroxylation sites is 1. The van der Waals surface area contributed by atoms with Gasteiger partial charge in [0.1, 0.15) is 11.5 Å². The smallest absolute Gasteiger partial charge is 0.339 e. The van der Waals surface area contributed by atoms with Crippen LogP contribution in [0.4, 0.5) is 4.79 Å². The van der Waals surface area contributed by atoms with Crippen molar-refractivity contribution in [3.63, 3.8) is 0 Å². The minimum absolute atomic E-state index is 0.245. The first-order valence-electron chi connectivity index (χ1n) is 8.59. The summed E-state index contributed by atoms with van der Waals surface area (Å²) in [6.45, 7) is 3.20. The van der Waals surface area contributed by atoms with Crippen molar-refractivity contribution in [3.05, 3.63) is 53.8 Å². The number of aromatic nitrogens is 1. The third-order valence-corrected chi connectivity index (χ3v) is 4.05. The van der Waals surface area contributed by atoms with Crippen LogP contribution >= 0.6 is 0 Å². The number of aryl methyl sites for hydroxylation is 1. The molecule has 2 N–H and O–H groups in total. The van der Waals surface area contributed by atoms with Crippen molar-refractivity contribution < 1.29 is 23.5 Å². The number of amides is 3. The van der Waals surface area contributed by atoms with Gasteiger partial charge in [0.2, 0.25) is 0 Å². The summed E-state index contributed by atoms with van der Waals surface area (Å²) in [6, 6.07) is 11.5.